The Bertz CT molecular complexity index is 684. The van der Waals surface area contributed by atoms with Crippen molar-refractivity contribution < 1.29 is 14.1 Å². The van der Waals surface area contributed by atoms with Gasteiger partial charge in [0.25, 0.3) is 0 Å². The first-order chi connectivity index (χ1) is 11.0. The molecule has 2 aromatic rings. The standard InChI is InChI=1S/C15H20N4O3S/c1-9-8-23-15(16-9)12-7-19(4-5-21-12)11(3)14(20)17-13-6-10(2)22-18-13/h6,8,11-12H,4-5,7H2,1-3H3,(H,17,18,20)/t11-,12+/m0/s1. The summed E-state index contributed by atoms with van der Waals surface area (Å²) in [4.78, 5) is 19.0. The number of anilines is 1. The quantitative estimate of drug-likeness (QED) is 0.921. The third-order valence-electron chi connectivity index (χ3n) is 3.82. The maximum atomic E-state index is 12.4. The summed E-state index contributed by atoms with van der Waals surface area (Å²) < 4.78 is 10.8. The van der Waals surface area contributed by atoms with E-state index in [1.54, 1.807) is 24.3 Å². The highest BCUT2D eigenvalue weighted by Crippen LogP contribution is 2.26. The van der Waals surface area contributed by atoms with Crippen molar-refractivity contribution in [2.75, 3.05) is 25.0 Å². The molecule has 1 amide bonds. The van der Waals surface area contributed by atoms with Crippen molar-refractivity contribution in [3.8, 4) is 0 Å². The SMILES string of the molecule is Cc1csc([C@H]2CN([C@@H](C)C(=O)Nc3cc(C)on3)CCO2)n1. The molecule has 1 N–H and O–H groups in total. The van der Waals surface area contributed by atoms with Crippen LogP contribution in [0.1, 0.15) is 29.5 Å². The largest absolute Gasteiger partial charge is 0.368 e. The van der Waals surface area contributed by atoms with Crippen molar-refractivity contribution in [3.63, 3.8) is 0 Å². The van der Waals surface area contributed by atoms with Gasteiger partial charge in [-0.05, 0) is 20.8 Å². The predicted octanol–water partition coefficient (Wildman–Crippen LogP) is 2.15. The first-order valence-corrected chi connectivity index (χ1v) is 8.43. The van der Waals surface area contributed by atoms with E-state index in [4.69, 9.17) is 9.26 Å². The number of carbonyl (C=O) groups is 1. The van der Waals surface area contributed by atoms with E-state index in [-0.39, 0.29) is 18.1 Å². The van der Waals surface area contributed by atoms with E-state index in [0.717, 1.165) is 10.7 Å². The zero-order chi connectivity index (χ0) is 16.4. The van der Waals surface area contributed by atoms with Crippen LogP contribution in [0.4, 0.5) is 5.82 Å². The number of rotatable bonds is 4. The molecule has 124 valence electrons. The van der Waals surface area contributed by atoms with Gasteiger partial charge in [0.2, 0.25) is 5.91 Å². The molecular formula is C15H20N4O3S. The van der Waals surface area contributed by atoms with Crippen molar-refractivity contribution in [3.05, 3.63) is 27.9 Å². The number of carbonyl (C=O) groups excluding carboxylic acids is 1. The number of hydrogen-bond donors (Lipinski definition) is 1. The fourth-order valence-corrected chi connectivity index (χ4v) is 3.35. The molecule has 2 aromatic heterocycles. The van der Waals surface area contributed by atoms with E-state index in [1.807, 2.05) is 19.2 Å². The van der Waals surface area contributed by atoms with Gasteiger partial charge >= 0.3 is 0 Å². The molecule has 0 unspecified atom stereocenters. The monoisotopic (exact) mass is 336 g/mol. The molecule has 23 heavy (non-hydrogen) atoms. The van der Waals surface area contributed by atoms with Crippen LogP contribution in [-0.2, 0) is 9.53 Å². The lowest BCUT2D eigenvalue weighted by Gasteiger charge is -2.35. The Morgan fingerprint density at radius 2 is 2.35 bits per heavy atom. The summed E-state index contributed by atoms with van der Waals surface area (Å²) in [6.45, 7) is 7.60. The van der Waals surface area contributed by atoms with Crippen molar-refractivity contribution >= 4 is 23.1 Å². The minimum absolute atomic E-state index is 0.0769. The molecule has 3 heterocycles. The van der Waals surface area contributed by atoms with E-state index in [9.17, 15) is 4.79 Å². The summed E-state index contributed by atoms with van der Waals surface area (Å²) >= 11 is 1.60. The molecule has 0 aromatic carbocycles. The number of morpholine rings is 1. The molecule has 0 spiro atoms. The highest BCUT2D eigenvalue weighted by Gasteiger charge is 2.30. The normalized spacial score (nSPS) is 20.4. The van der Waals surface area contributed by atoms with Gasteiger partial charge in [0.1, 0.15) is 16.9 Å². The van der Waals surface area contributed by atoms with Gasteiger partial charge < -0.3 is 14.6 Å². The second-order valence-electron chi connectivity index (χ2n) is 5.67. The molecule has 2 atom stereocenters. The molecule has 0 radical (unpaired) electrons. The number of hydrogen-bond acceptors (Lipinski definition) is 7. The second kappa shape index (κ2) is 6.77. The van der Waals surface area contributed by atoms with Crippen LogP contribution in [0.25, 0.3) is 0 Å². The lowest BCUT2D eigenvalue weighted by atomic mass is 10.2. The summed E-state index contributed by atoms with van der Waals surface area (Å²) in [6, 6.07) is 1.42. The number of aryl methyl sites for hydroxylation is 2. The maximum Gasteiger partial charge on any atom is 0.242 e. The molecule has 0 aliphatic carbocycles. The third-order valence-corrected chi connectivity index (χ3v) is 4.87. The number of thiazole rings is 1. The first kappa shape index (κ1) is 16.1. The van der Waals surface area contributed by atoms with Crippen molar-refractivity contribution in [2.45, 2.75) is 32.9 Å². The van der Waals surface area contributed by atoms with Crippen LogP contribution >= 0.6 is 11.3 Å². The van der Waals surface area contributed by atoms with Crippen LogP contribution in [0.3, 0.4) is 0 Å². The number of ether oxygens (including phenoxy) is 1. The maximum absolute atomic E-state index is 12.4. The summed E-state index contributed by atoms with van der Waals surface area (Å²) in [6.07, 6.45) is -0.0769. The van der Waals surface area contributed by atoms with Crippen LogP contribution in [0, 0.1) is 13.8 Å². The highest BCUT2D eigenvalue weighted by molar-refractivity contribution is 7.09. The Labute approximate surface area is 138 Å². The summed E-state index contributed by atoms with van der Waals surface area (Å²) in [5, 5.41) is 9.55. The van der Waals surface area contributed by atoms with Crippen LogP contribution in [-0.4, -0.2) is 46.7 Å². The van der Waals surface area contributed by atoms with E-state index in [0.29, 0.717) is 31.3 Å². The zero-order valence-corrected chi connectivity index (χ0v) is 14.2. The van der Waals surface area contributed by atoms with Gasteiger partial charge in [-0.3, -0.25) is 9.69 Å². The summed E-state index contributed by atoms with van der Waals surface area (Å²) in [5.41, 5.74) is 0.998. The van der Waals surface area contributed by atoms with Crippen LogP contribution < -0.4 is 5.32 Å². The number of aromatic nitrogens is 2. The molecule has 1 aliphatic rings. The molecule has 1 aliphatic heterocycles. The molecule has 1 fully saturated rings. The number of amides is 1. The minimum Gasteiger partial charge on any atom is -0.368 e. The molecule has 3 rings (SSSR count). The lowest BCUT2D eigenvalue weighted by Crippen LogP contribution is -2.48. The molecule has 7 nitrogen and oxygen atoms in total. The zero-order valence-electron chi connectivity index (χ0n) is 13.4. The Morgan fingerprint density at radius 3 is 3.00 bits per heavy atom. The van der Waals surface area contributed by atoms with Crippen LogP contribution in [0.15, 0.2) is 16.0 Å². The molecule has 0 saturated carbocycles. The van der Waals surface area contributed by atoms with Crippen molar-refractivity contribution in [2.24, 2.45) is 0 Å². The van der Waals surface area contributed by atoms with Gasteiger partial charge in [-0.2, -0.15) is 0 Å². The van der Waals surface area contributed by atoms with E-state index in [1.165, 1.54) is 0 Å². The Kier molecular flexibility index (Phi) is 4.74. The van der Waals surface area contributed by atoms with E-state index >= 15 is 0 Å². The predicted molar refractivity (Wildman–Crippen MR) is 86.4 cm³/mol. The fraction of sp³-hybridized carbons (Fsp3) is 0.533. The topological polar surface area (TPSA) is 80.5 Å². The molecule has 8 heteroatoms. The highest BCUT2D eigenvalue weighted by atomic mass is 32.1. The Hall–Kier alpha value is -1.77. The van der Waals surface area contributed by atoms with Gasteiger partial charge in [0, 0.05) is 30.2 Å². The average molecular weight is 336 g/mol. The molecular weight excluding hydrogens is 316 g/mol. The average Bonchev–Trinajstić information content (AvgIpc) is 3.15. The second-order valence-corrected chi connectivity index (χ2v) is 6.56. The number of nitrogens with zero attached hydrogens (tertiary/aromatic N) is 3. The fourth-order valence-electron chi connectivity index (χ4n) is 2.51. The van der Waals surface area contributed by atoms with E-state index < -0.39 is 0 Å². The van der Waals surface area contributed by atoms with Gasteiger partial charge in [-0.25, -0.2) is 4.98 Å². The van der Waals surface area contributed by atoms with E-state index in [2.05, 4.69) is 20.4 Å². The van der Waals surface area contributed by atoms with Crippen molar-refractivity contribution in [1.82, 2.24) is 15.0 Å². The smallest absolute Gasteiger partial charge is 0.242 e. The molecule has 0 bridgehead atoms. The Balaban J connectivity index is 1.62. The van der Waals surface area contributed by atoms with Gasteiger partial charge in [-0.1, -0.05) is 5.16 Å². The Morgan fingerprint density at radius 1 is 1.52 bits per heavy atom. The van der Waals surface area contributed by atoms with Crippen LogP contribution in [0.2, 0.25) is 0 Å². The molecule has 1 saturated heterocycles. The third kappa shape index (κ3) is 3.77. The summed E-state index contributed by atoms with van der Waals surface area (Å²) in [5.74, 6) is 1.01. The lowest BCUT2D eigenvalue weighted by molar-refractivity contribution is -0.124. The van der Waals surface area contributed by atoms with Gasteiger partial charge in [0.15, 0.2) is 5.82 Å². The van der Waals surface area contributed by atoms with Crippen LogP contribution in [0.5, 0.6) is 0 Å². The van der Waals surface area contributed by atoms with Gasteiger partial charge in [0.05, 0.1) is 12.6 Å². The minimum atomic E-state index is -0.278. The van der Waals surface area contributed by atoms with Gasteiger partial charge in [-0.15, -0.1) is 11.3 Å². The first-order valence-electron chi connectivity index (χ1n) is 7.55. The summed E-state index contributed by atoms with van der Waals surface area (Å²) in [7, 11) is 0. The van der Waals surface area contributed by atoms with Crippen molar-refractivity contribution in [1.29, 1.82) is 0 Å². The number of nitrogens with one attached hydrogen (secondary N) is 1.